The summed E-state index contributed by atoms with van der Waals surface area (Å²) in [7, 11) is 10.7. The van der Waals surface area contributed by atoms with Gasteiger partial charge in [-0.15, -0.1) is 0 Å². The van der Waals surface area contributed by atoms with E-state index in [1.165, 1.54) is 7.11 Å². The summed E-state index contributed by atoms with van der Waals surface area (Å²) in [5.74, 6) is 0. The van der Waals surface area contributed by atoms with E-state index in [9.17, 15) is 9.46 Å². The molecule has 0 spiro atoms. The maximum atomic E-state index is 12.1. The molecule has 1 fully saturated rings. The van der Waals surface area contributed by atoms with Crippen LogP contribution in [0.1, 0.15) is 26.2 Å². The Morgan fingerprint density at radius 2 is 2.23 bits per heavy atom. The van der Waals surface area contributed by atoms with E-state index in [2.05, 4.69) is 10.4 Å². The third-order valence-electron chi connectivity index (χ3n) is 3.73. The molecule has 6 atom stereocenters. The fourth-order valence-electron chi connectivity index (χ4n) is 2.37. The van der Waals surface area contributed by atoms with Crippen LogP contribution in [0, 0.1) is 0 Å². The molecule has 0 aromatic rings. The highest BCUT2D eigenvalue weighted by Crippen LogP contribution is 2.39. The third-order valence-corrected chi connectivity index (χ3v) is 4.92. The van der Waals surface area contributed by atoms with Gasteiger partial charge in [0.05, 0.1) is 12.7 Å². The molecule has 6 unspecified atom stereocenters. The normalized spacial score (nSPS) is 30.8. The van der Waals surface area contributed by atoms with E-state index in [-0.39, 0.29) is 30.8 Å². The van der Waals surface area contributed by atoms with E-state index in [1.54, 1.807) is 7.05 Å². The van der Waals surface area contributed by atoms with Gasteiger partial charge in [-0.05, 0) is 26.3 Å². The Hall–Kier alpha value is 0.120. The maximum Gasteiger partial charge on any atom is 0.403 e. The van der Waals surface area contributed by atoms with Crippen LogP contribution < -0.4 is 10.4 Å². The lowest BCUT2D eigenvalue weighted by molar-refractivity contribution is 0.0373. The Labute approximate surface area is 135 Å². The topological polar surface area (TPSA) is 89.1 Å². The summed E-state index contributed by atoms with van der Waals surface area (Å²) in [5, 5.41) is 5.65. The molecule has 0 aliphatic carbocycles. The first-order chi connectivity index (χ1) is 10.3. The molecule has 0 aromatic carbocycles. The molecule has 4 radical (unpaired) electrons. The Kier molecular flexibility index (Phi) is 8.64. The highest BCUT2D eigenvalue weighted by Gasteiger charge is 2.34. The Balaban J connectivity index is 2.47. The maximum absolute atomic E-state index is 12.1. The molecular formula is C12H25B2N2O5P. The average molecular weight is 330 g/mol. The number of ether oxygens (including phenoxy) is 2. The molecule has 1 rings (SSSR count). The molecule has 7 nitrogen and oxygen atoms in total. The lowest BCUT2D eigenvalue weighted by Crippen LogP contribution is -2.37. The van der Waals surface area contributed by atoms with Crippen molar-refractivity contribution in [3.8, 4) is 0 Å². The summed E-state index contributed by atoms with van der Waals surface area (Å²) in [6, 6.07) is -1.17. The molecular weight excluding hydrogens is 305 g/mol. The van der Waals surface area contributed by atoms with Gasteiger partial charge >= 0.3 is 7.75 Å². The van der Waals surface area contributed by atoms with Crippen LogP contribution in [0.5, 0.6) is 0 Å². The fourth-order valence-corrected chi connectivity index (χ4v) is 3.54. The second kappa shape index (κ2) is 9.42. The van der Waals surface area contributed by atoms with Gasteiger partial charge in [-0.25, -0.2) is 9.65 Å². The Morgan fingerprint density at radius 1 is 1.55 bits per heavy atom. The van der Waals surface area contributed by atoms with Gasteiger partial charge in [0.2, 0.25) is 0 Å². The van der Waals surface area contributed by atoms with Crippen molar-refractivity contribution in [3.05, 3.63) is 0 Å². The van der Waals surface area contributed by atoms with Gasteiger partial charge in [0.1, 0.15) is 15.7 Å². The number of methoxy groups -OCH3 is 1. The SMILES string of the molecule is [B]C(CC(CC)NP(=O)(O)OCC1OC([B])CC1NC)OC. The van der Waals surface area contributed by atoms with Crippen molar-refractivity contribution in [1.29, 1.82) is 0 Å². The molecule has 10 heteroatoms. The van der Waals surface area contributed by atoms with Gasteiger partial charge in [-0.2, -0.15) is 0 Å². The van der Waals surface area contributed by atoms with Gasteiger partial charge in [-0.3, -0.25) is 4.52 Å². The number of rotatable bonds is 10. The zero-order valence-corrected chi connectivity index (χ0v) is 14.3. The van der Waals surface area contributed by atoms with Crippen molar-refractivity contribution >= 4 is 23.4 Å². The van der Waals surface area contributed by atoms with Crippen LogP contribution >= 0.6 is 7.75 Å². The van der Waals surface area contributed by atoms with Crippen LogP contribution in [-0.4, -0.2) is 71.5 Å². The molecule has 22 heavy (non-hydrogen) atoms. The van der Waals surface area contributed by atoms with Crippen LogP contribution in [0.2, 0.25) is 0 Å². The van der Waals surface area contributed by atoms with Crippen molar-refractivity contribution in [2.45, 2.75) is 56.4 Å². The smallest absolute Gasteiger partial charge is 0.391 e. The van der Waals surface area contributed by atoms with Crippen molar-refractivity contribution in [2.24, 2.45) is 0 Å². The second-order valence-electron chi connectivity index (χ2n) is 5.40. The van der Waals surface area contributed by atoms with Crippen molar-refractivity contribution < 1.29 is 23.5 Å². The molecule has 0 aromatic heterocycles. The van der Waals surface area contributed by atoms with Crippen LogP contribution in [0.3, 0.4) is 0 Å². The highest BCUT2D eigenvalue weighted by molar-refractivity contribution is 7.50. The zero-order valence-electron chi connectivity index (χ0n) is 13.4. The van der Waals surface area contributed by atoms with Crippen LogP contribution in [-0.2, 0) is 18.6 Å². The van der Waals surface area contributed by atoms with E-state index < -0.39 is 13.7 Å². The molecule has 1 aliphatic rings. The van der Waals surface area contributed by atoms with E-state index in [0.29, 0.717) is 19.3 Å². The number of nitrogens with one attached hydrogen (secondary N) is 2. The average Bonchev–Trinajstić information content (AvgIpc) is 2.84. The monoisotopic (exact) mass is 330 g/mol. The second-order valence-corrected chi connectivity index (χ2v) is 6.96. The number of likely N-dealkylation sites (N-methyl/N-ethyl adjacent to an activating group) is 1. The molecule has 0 saturated carbocycles. The molecule has 124 valence electrons. The Bertz CT molecular complexity index is 379. The van der Waals surface area contributed by atoms with Gasteiger partial charge in [0, 0.05) is 31.2 Å². The predicted octanol–water partition coefficient (Wildman–Crippen LogP) is -0.126. The molecule has 1 saturated heterocycles. The fraction of sp³-hybridized carbons (Fsp3) is 1.00. The third kappa shape index (κ3) is 6.71. The molecule has 3 N–H and O–H groups in total. The van der Waals surface area contributed by atoms with Gasteiger partial charge in [0.15, 0.2) is 0 Å². The van der Waals surface area contributed by atoms with E-state index >= 15 is 0 Å². The lowest BCUT2D eigenvalue weighted by atomic mass is 9.92. The number of hydrogen-bond donors (Lipinski definition) is 3. The summed E-state index contributed by atoms with van der Waals surface area (Å²) in [4.78, 5) is 9.92. The molecule has 0 amide bonds. The molecule has 1 aliphatic heterocycles. The van der Waals surface area contributed by atoms with Crippen LogP contribution in [0.25, 0.3) is 0 Å². The first kappa shape index (κ1) is 20.2. The van der Waals surface area contributed by atoms with Gasteiger partial charge < -0.3 is 19.7 Å². The minimum atomic E-state index is -3.95. The van der Waals surface area contributed by atoms with E-state index in [4.69, 9.17) is 29.7 Å². The summed E-state index contributed by atoms with van der Waals surface area (Å²) in [6.45, 7) is 1.86. The van der Waals surface area contributed by atoms with Gasteiger partial charge in [0.25, 0.3) is 0 Å². The first-order valence-corrected chi connectivity index (χ1v) is 9.00. The zero-order chi connectivity index (χ0) is 16.8. The summed E-state index contributed by atoms with van der Waals surface area (Å²) in [5.41, 5.74) is 0. The summed E-state index contributed by atoms with van der Waals surface area (Å²) < 4.78 is 27.7. The van der Waals surface area contributed by atoms with Crippen LogP contribution in [0.15, 0.2) is 0 Å². The minimum absolute atomic E-state index is 0.00103. The summed E-state index contributed by atoms with van der Waals surface area (Å²) >= 11 is 0. The van der Waals surface area contributed by atoms with E-state index in [1.807, 2.05) is 6.92 Å². The standard InChI is InChI=1S/C12H25B2N2O5P/c1-4-8(5-11(13)19-3)16-22(17,18)20-7-10-9(15-2)6-12(14)21-10/h8-12,15H,4-7H2,1-3H3,(H2,16,17,18). The largest absolute Gasteiger partial charge is 0.403 e. The van der Waals surface area contributed by atoms with Crippen molar-refractivity contribution in [2.75, 3.05) is 20.8 Å². The predicted molar refractivity (Wildman–Crippen MR) is 86.0 cm³/mol. The summed E-state index contributed by atoms with van der Waals surface area (Å²) in [6.07, 6.45) is 1.30. The lowest BCUT2D eigenvalue weighted by Gasteiger charge is -2.25. The highest BCUT2D eigenvalue weighted by atomic mass is 31.2. The first-order valence-electron chi connectivity index (χ1n) is 7.43. The van der Waals surface area contributed by atoms with Crippen molar-refractivity contribution in [3.63, 3.8) is 0 Å². The minimum Gasteiger partial charge on any atom is -0.391 e. The molecule has 0 bridgehead atoms. The quantitative estimate of drug-likeness (QED) is 0.380. The van der Waals surface area contributed by atoms with E-state index in [0.717, 1.165) is 0 Å². The van der Waals surface area contributed by atoms with Crippen LogP contribution in [0.4, 0.5) is 0 Å². The molecule has 1 heterocycles. The van der Waals surface area contributed by atoms with Crippen molar-refractivity contribution in [1.82, 2.24) is 10.4 Å². The van der Waals surface area contributed by atoms with Gasteiger partial charge in [-0.1, -0.05) is 6.92 Å². The number of hydrogen-bond acceptors (Lipinski definition) is 5. The Morgan fingerprint density at radius 3 is 2.77 bits per heavy atom.